The number of nitrogens with zero attached hydrogens (tertiary/aromatic N) is 3. The minimum Gasteiger partial charge on any atom is -0.478 e. The Morgan fingerprint density at radius 1 is 1.35 bits per heavy atom. The van der Waals surface area contributed by atoms with Crippen molar-refractivity contribution in [2.75, 3.05) is 7.05 Å². The van der Waals surface area contributed by atoms with Crippen molar-refractivity contribution in [1.82, 2.24) is 14.7 Å². The molecule has 6 nitrogen and oxygen atoms in total. The number of aromatic nitrogens is 2. The lowest BCUT2D eigenvalue weighted by atomic mass is 10.1. The number of benzene rings is 1. The molecule has 0 spiro atoms. The summed E-state index contributed by atoms with van der Waals surface area (Å²) in [5.41, 5.74) is -1.61. The molecular formula is C14H10F3N3O3. The number of amides is 1. The Hall–Kier alpha value is -2.84. The highest BCUT2D eigenvalue weighted by Crippen LogP contribution is 2.36. The molecular weight excluding hydrogens is 315 g/mol. The van der Waals surface area contributed by atoms with Gasteiger partial charge >= 0.3 is 12.1 Å². The molecule has 0 radical (unpaired) electrons. The molecule has 0 bridgehead atoms. The number of fused-ring (bicyclic) bond motifs is 1. The summed E-state index contributed by atoms with van der Waals surface area (Å²) in [6.45, 7) is 0.129. The molecule has 0 aliphatic carbocycles. The van der Waals surface area contributed by atoms with E-state index in [1.807, 2.05) is 0 Å². The SMILES string of the molecule is CN1Cc2c(cccc2-n2ncc(C(=O)O)c2C(F)(F)F)C1=O. The van der Waals surface area contributed by atoms with Crippen LogP contribution < -0.4 is 0 Å². The van der Waals surface area contributed by atoms with Gasteiger partial charge in [-0.25, -0.2) is 9.48 Å². The van der Waals surface area contributed by atoms with Crippen molar-refractivity contribution in [3.8, 4) is 5.69 Å². The summed E-state index contributed by atoms with van der Waals surface area (Å²) >= 11 is 0. The van der Waals surface area contributed by atoms with Crippen LogP contribution in [0, 0.1) is 0 Å². The predicted molar refractivity (Wildman–Crippen MR) is 71.3 cm³/mol. The summed E-state index contributed by atoms with van der Waals surface area (Å²) < 4.78 is 40.4. The van der Waals surface area contributed by atoms with Crippen LogP contribution in [0.5, 0.6) is 0 Å². The van der Waals surface area contributed by atoms with Gasteiger partial charge in [-0.3, -0.25) is 4.79 Å². The van der Waals surface area contributed by atoms with E-state index >= 15 is 0 Å². The number of hydrogen-bond donors (Lipinski definition) is 1. The summed E-state index contributed by atoms with van der Waals surface area (Å²) in [5, 5.41) is 12.5. The summed E-state index contributed by atoms with van der Waals surface area (Å²) in [7, 11) is 1.53. The van der Waals surface area contributed by atoms with Crippen molar-refractivity contribution < 1.29 is 27.9 Å². The normalized spacial score (nSPS) is 14.3. The van der Waals surface area contributed by atoms with Gasteiger partial charge in [-0.2, -0.15) is 18.3 Å². The second kappa shape index (κ2) is 4.83. The summed E-state index contributed by atoms with van der Waals surface area (Å²) in [4.78, 5) is 24.4. The maximum absolute atomic E-state index is 13.3. The number of rotatable bonds is 2. The first-order chi connectivity index (χ1) is 10.7. The van der Waals surface area contributed by atoms with Crippen molar-refractivity contribution >= 4 is 11.9 Å². The van der Waals surface area contributed by atoms with Crippen LogP contribution in [0.4, 0.5) is 13.2 Å². The van der Waals surface area contributed by atoms with Gasteiger partial charge in [0.25, 0.3) is 5.91 Å². The number of halogens is 3. The molecule has 1 aromatic heterocycles. The Morgan fingerprint density at radius 3 is 2.65 bits per heavy atom. The van der Waals surface area contributed by atoms with Crippen molar-refractivity contribution in [1.29, 1.82) is 0 Å². The van der Waals surface area contributed by atoms with Gasteiger partial charge < -0.3 is 10.0 Å². The average molecular weight is 325 g/mol. The van der Waals surface area contributed by atoms with Crippen LogP contribution in [0.15, 0.2) is 24.4 Å². The lowest BCUT2D eigenvalue weighted by molar-refractivity contribution is -0.143. The van der Waals surface area contributed by atoms with Gasteiger partial charge in [0, 0.05) is 24.7 Å². The summed E-state index contributed by atoms with van der Waals surface area (Å²) in [6, 6.07) is 4.33. The van der Waals surface area contributed by atoms with Gasteiger partial charge in [0.2, 0.25) is 0 Å². The van der Waals surface area contributed by atoms with Crippen LogP contribution in [0.25, 0.3) is 5.69 Å². The number of carbonyl (C=O) groups excluding carboxylic acids is 1. The number of aromatic carboxylic acids is 1. The van der Waals surface area contributed by atoms with E-state index in [9.17, 15) is 22.8 Å². The Labute approximate surface area is 127 Å². The molecule has 0 atom stereocenters. The molecule has 1 aliphatic rings. The van der Waals surface area contributed by atoms with Gasteiger partial charge in [-0.05, 0) is 12.1 Å². The first kappa shape index (κ1) is 15.1. The topological polar surface area (TPSA) is 75.4 Å². The minimum atomic E-state index is -4.90. The van der Waals surface area contributed by atoms with Crippen LogP contribution >= 0.6 is 0 Å². The molecule has 0 saturated heterocycles. The molecule has 0 fully saturated rings. The minimum absolute atomic E-state index is 0.0417. The van der Waals surface area contributed by atoms with Crippen LogP contribution in [-0.2, 0) is 12.7 Å². The monoisotopic (exact) mass is 325 g/mol. The zero-order chi connectivity index (χ0) is 16.9. The van der Waals surface area contributed by atoms with Crippen LogP contribution in [0.1, 0.15) is 32.0 Å². The van der Waals surface area contributed by atoms with Gasteiger partial charge in [0.15, 0.2) is 5.69 Å². The summed E-state index contributed by atoms with van der Waals surface area (Å²) in [5.74, 6) is -2.02. The van der Waals surface area contributed by atoms with Gasteiger partial charge in [-0.1, -0.05) is 6.07 Å². The molecule has 1 N–H and O–H groups in total. The Morgan fingerprint density at radius 2 is 2.04 bits per heavy atom. The van der Waals surface area contributed by atoms with E-state index in [2.05, 4.69) is 5.10 Å². The first-order valence-electron chi connectivity index (χ1n) is 6.48. The first-order valence-corrected chi connectivity index (χ1v) is 6.48. The highest BCUT2D eigenvalue weighted by atomic mass is 19.4. The van der Waals surface area contributed by atoms with Crippen molar-refractivity contribution in [3.63, 3.8) is 0 Å². The van der Waals surface area contributed by atoms with E-state index in [-0.39, 0.29) is 23.7 Å². The largest absolute Gasteiger partial charge is 0.478 e. The molecule has 1 aliphatic heterocycles. The lowest BCUT2D eigenvalue weighted by Gasteiger charge is -2.14. The molecule has 2 heterocycles. The van der Waals surface area contributed by atoms with E-state index in [4.69, 9.17) is 5.11 Å². The van der Waals surface area contributed by atoms with Gasteiger partial charge in [-0.15, -0.1) is 0 Å². The third-order valence-corrected chi connectivity index (χ3v) is 3.62. The fraction of sp³-hybridized carbons (Fsp3) is 0.214. The number of carboxylic acid groups (broad SMARTS) is 1. The second-order valence-electron chi connectivity index (χ2n) is 5.09. The van der Waals surface area contributed by atoms with E-state index in [1.165, 1.54) is 30.1 Å². The molecule has 0 saturated carbocycles. The zero-order valence-corrected chi connectivity index (χ0v) is 11.8. The summed E-state index contributed by atoms with van der Waals surface area (Å²) in [6.07, 6.45) is -4.24. The maximum atomic E-state index is 13.3. The van der Waals surface area contributed by atoms with Gasteiger partial charge in [0.05, 0.1) is 11.9 Å². The molecule has 1 amide bonds. The quantitative estimate of drug-likeness (QED) is 0.918. The molecule has 9 heteroatoms. The Balaban J connectivity index is 2.27. The maximum Gasteiger partial charge on any atom is 0.434 e. The standard InChI is InChI=1S/C14H10F3N3O3/c1-19-6-9-7(12(19)21)3-2-4-10(9)20-11(14(15,16)17)8(5-18-20)13(22)23/h2-5H,6H2,1H3,(H,22,23). The Bertz CT molecular complexity index is 826. The fourth-order valence-corrected chi connectivity index (χ4v) is 2.61. The molecule has 120 valence electrons. The lowest BCUT2D eigenvalue weighted by Crippen LogP contribution is -2.18. The third-order valence-electron chi connectivity index (χ3n) is 3.62. The van der Waals surface area contributed by atoms with Crippen LogP contribution in [-0.4, -0.2) is 38.7 Å². The van der Waals surface area contributed by atoms with E-state index in [1.54, 1.807) is 0 Å². The highest BCUT2D eigenvalue weighted by Gasteiger charge is 2.41. The van der Waals surface area contributed by atoms with Gasteiger partial charge in [0.1, 0.15) is 5.56 Å². The second-order valence-corrected chi connectivity index (χ2v) is 5.09. The van der Waals surface area contributed by atoms with Crippen molar-refractivity contribution in [3.05, 3.63) is 46.8 Å². The number of carboxylic acids is 1. The average Bonchev–Trinajstić information content (AvgIpc) is 3.01. The van der Waals surface area contributed by atoms with Crippen molar-refractivity contribution in [2.45, 2.75) is 12.7 Å². The van der Waals surface area contributed by atoms with E-state index in [0.717, 1.165) is 0 Å². The highest BCUT2D eigenvalue weighted by molar-refractivity contribution is 5.99. The van der Waals surface area contributed by atoms with E-state index in [0.29, 0.717) is 16.4 Å². The zero-order valence-electron chi connectivity index (χ0n) is 11.8. The molecule has 3 rings (SSSR count). The smallest absolute Gasteiger partial charge is 0.434 e. The van der Waals surface area contributed by atoms with E-state index < -0.39 is 23.4 Å². The molecule has 1 aromatic carbocycles. The Kier molecular flexibility index (Phi) is 3.17. The molecule has 23 heavy (non-hydrogen) atoms. The predicted octanol–water partition coefficient (Wildman–Crippen LogP) is 2.17. The molecule has 0 unspecified atom stereocenters. The molecule has 2 aromatic rings. The number of carbonyl (C=O) groups is 2. The fourth-order valence-electron chi connectivity index (χ4n) is 2.61. The third kappa shape index (κ3) is 2.24. The number of alkyl halides is 3. The van der Waals surface area contributed by atoms with Crippen LogP contribution in [0.2, 0.25) is 0 Å². The van der Waals surface area contributed by atoms with Crippen LogP contribution in [0.3, 0.4) is 0 Å². The number of hydrogen-bond acceptors (Lipinski definition) is 3. The van der Waals surface area contributed by atoms with Crippen molar-refractivity contribution in [2.24, 2.45) is 0 Å².